The molecule has 2 aliphatic rings. The lowest BCUT2D eigenvalue weighted by atomic mass is 10.0. The summed E-state index contributed by atoms with van der Waals surface area (Å²) in [5.74, 6) is 0.298. The Morgan fingerprint density at radius 1 is 0.972 bits per heavy atom. The fourth-order valence-electron chi connectivity index (χ4n) is 5.04. The van der Waals surface area contributed by atoms with Crippen LogP contribution in [0, 0.1) is 0 Å². The van der Waals surface area contributed by atoms with Crippen LogP contribution in [0.2, 0.25) is 0 Å². The van der Waals surface area contributed by atoms with E-state index < -0.39 is 6.04 Å². The summed E-state index contributed by atoms with van der Waals surface area (Å²) in [6, 6.07) is 21.7. The second kappa shape index (κ2) is 10.2. The average Bonchev–Trinajstić information content (AvgIpc) is 3.38. The van der Waals surface area contributed by atoms with Gasteiger partial charge in [-0.2, -0.15) is 0 Å². The molecule has 0 aromatic heterocycles. The number of rotatable bonds is 7. The van der Waals surface area contributed by atoms with Crippen molar-refractivity contribution >= 4 is 23.4 Å². The van der Waals surface area contributed by atoms with E-state index in [2.05, 4.69) is 5.32 Å². The summed E-state index contributed by atoms with van der Waals surface area (Å²) in [7, 11) is 0. The molecule has 2 heterocycles. The monoisotopic (exact) mass is 483 g/mol. The number of carbonyl (C=O) groups excluding carboxylic acids is 3. The minimum atomic E-state index is -0.471. The summed E-state index contributed by atoms with van der Waals surface area (Å²) in [5.41, 5.74) is 3.21. The highest BCUT2D eigenvalue weighted by Crippen LogP contribution is 2.33. The second-order valence-electron chi connectivity index (χ2n) is 8.98. The van der Waals surface area contributed by atoms with Crippen LogP contribution in [-0.4, -0.2) is 41.8 Å². The fraction of sp³-hybridized carbons (Fsp3) is 0.276. The first-order valence-electron chi connectivity index (χ1n) is 12.4. The summed E-state index contributed by atoms with van der Waals surface area (Å²) in [4.78, 5) is 43.5. The molecule has 3 aromatic carbocycles. The van der Waals surface area contributed by atoms with Gasteiger partial charge in [0.1, 0.15) is 11.8 Å². The smallest absolute Gasteiger partial charge is 0.256 e. The fourth-order valence-corrected chi connectivity index (χ4v) is 5.04. The van der Waals surface area contributed by atoms with Gasteiger partial charge < -0.3 is 19.9 Å². The Labute approximate surface area is 210 Å². The summed E-state index contributed by atoms with van der Waals surface area (Å²) >= 11 is 0. The molecular weight excluding hydrogens is 454 g/mol. The van der Waals surface area contributed by atoms with Crippen molar-refractivity contribution in [1.29, 1.82) is 0 Å². The van der Waals surface area contributed by atoms with E-state index >= 15 is 0 Å². The molecule has 7 heteroatoms. The van der Waals surface area contributed by atoms with E-state index in [1.165, 1.54) is 0 Å². The number of ether oxygens (including phenoxy) is 1. The molecule has 7 nitrogen and oxygen atoms in total. The number of nitrogens with one attached hydrogen (secondary N) is 1. The molecule has 1 saturated heterocycles. The molecule has 3 aromatic rings. The minimum absolute atomic E-state index is 0.105. The van der Waals surface area contributed by atoms with E-state index in [9.17, 15) is 14.4 Å². The Morgan fingerprint density at radius 3 is 2.53 bits per heavy atom. The molecule has 1 atom stereocenters. The molecule has 3 amide bonds. The van der Waals surface area contributed by atoms with Gasteiger partial charge in [-0.3, -0.25) is 14.4 Å². The third-order valence-corrected chi connectivity index (χ3v) is 6.79. The maximum Gasteiger partial charge on any atom is 0.256 e. The van der Waals surface area contributed by atoms with Crippen LogP contribution >= 0.6 is 0 Å². The Hall–Kier alpha value is -4.13. The van der Waals surface area contributed by atoms with Gasteiger partial charge in [0.15, 0.2) is 0 Å². The number of fused-ring (bicyclic) bond motifs is 2. The van der Waals surface area contributed by atoms with Crippen molar-refractivity contribution in [3.8, 4) is 5.75 Å². The van der Waals surface area contributed by atoms with Gasteiger partial charge >= 0.3 is 0 Å². The van der Waals surface area contributed by atoms with Gasteiger partial charge in [-0.1, -0.05) is 48.5 Å². The van der Waals surface area contributed by atoms with Gasteiger partial charge in [0.25, 0.3) is 11.8 Å². The first-order valence-corrected chi connectivity index (χ1v) is 12.4. The standard InChI is InChI=1S/C29H29N3O4/c1-2-36-26-16-8-4-10-20(26)18-30-27(33)22-12-5-3-11-21(22)19-32-24-14-7-6-13-23(24)28(34)31-17-9-15-25(31)29(32)35/h3-8,10-14,16,25H,2,9,15,17-19H2,1H3,(H,30,33). The molecular formula is C29H29N3O4. The molecule has 2 aliphatic heterocycles. The van der Waals surface area contributed by atoms with Gasteiger partial charge in [0.2, 0.25) is 5.91 Å². The SMILES string of the molecule is CCOc1ccccc1CNC(=O)c1ccccc1CN1C(=O)C2CCCN2C(=O)c2ccccc21. The van der Waals surface area contributed by atoms with E-state index in [-0.39, 0.29) is 24.3 Å². The van der Waals surface area contributed by atoms with Crippen LogP contribution in [0.1, 0.15) is 51.6 Å². The zero-order valence-electron chi connectivity index (χ0n) is 20.3. The quantitative estimate of drug-likeness (QED) is 0.547. The Kier molecular flexibility index (Phi) is 6.71. The second-order valence-corrected chi connectivity index (χ2v) is 8.98. The van der Waals surface area contributed by atoms with Crippen molar-refractivity contribution in [2.24, 2.45) is 0 Å². The van der Waals surface area contributed by atoms with Crippen LogP contribution in [0.15, 0.2) is 72.8 Å². The lowest BCUT2D eigenvalue weighted by Crippen LogP contribution is -2.44. The average molecular weight is 484 g/mol. The zero-order valence-corrected chi connectivity index (χ0v) is 20.3. The van der Waals surface area contributed by atoms with Crippen LogP contribution < -0.4 is 15.0 Å². The van der Waals surface area contributed by atoms with Crippen LogP contribution in [0.4, 0.5) is 5.69 Å². The lowest BCUT2D eigenvalue weighted by molar-refractivity contribution is -0.122. The minimum Gasteiger partial charge on any atom is -0.494 e. The van der Waals surface area contributed by atoms with Crippen molar-refractivity contribution in [3.63, 3.8) is 0 Å². The van der Waals surface area contributed by atoms with E-state index in [1.807, 2.05) is 61.5 Å². The van der Waals surface area contributed by atoms with Crippen LogP contribution in [0.25, 0.3) is 0 Å². The number of benzene rings is 3. The predicted molar refractivity (Wildman–Crippen MR) is 137 cm³/mol. The van der Waals surface area contributed by atoms with Gasteiger partial charge in [-0.05, 0) is 49.6 Å². The van der Waals surface area contributed by atoms with Gasteiger partial charge in [-0.25, -0.2) is 0 Å². The van der Waals surface area contributed by atoms with E-state index in [1.54, 1.807) is 28.0 Å². The molecule has 36 heavy (non-hydrogen) atoms. The van der Waals surface area contributed by atoms with Crippen molar-refractivity contribution in [3.05, 3.63) is 95.1 Å². The number of hydrogen-bond donors (Lipinski definition) is 1. The maximum atomic E-state index is 13.6. The summed E-state index contributed by atoms with van der Waals surface area (Å²) < 4.78 is 5.67. The largest absolute Gasteiger partial charge is 0.494 e. The highest BCUT2D eigenvalue weighted by atomic mass is 16.5. The highest BCUT2D eigenvalue weighted by Gasteiger charge is 2.42. The van der Waals surface area contributed by atoms with Crippen molar-refractivity contribution in [1.82, 2.24) is 10.2 Å². The van der Waals surface area contributed by atoms with Crippen molar-refractivity contribution in [2.75, 3.05) is 18.1 Å². The highest BCUT2D eigenvalue weighted by molar-refractivity contribution is 6.11. The molecule has 0 saturated carbocycles. The normalized spacial score (nSPS) is 16.9. The summed E-state index contributed by atoms with van der Waals surface area (Å²) in [6.45, 7) is 3.57. The molecule has 0 spiro atoms. The molecule has 1 N–H and O–H groups in total. The topological polar surface area (TPSA) is 79.0 Å². The molecule has 0 radical (unpaired) electrons. The number of carbonyl (C=O) groups is 3. The Balaban J connectivity index is 1.42. The zero-order chi connectivity index (χ0) is 25.1. The molecule has 0 aliphatic carbocycles. The predicted octanol–water partition coefficient (Wildman–Crippen LogP) is 4.17. The third kappa shape index (κ3) is 4.44. The lowest BCUT2D eigenvalue weighted by Gasteiger charge is -2.26. The molecule has 0 bridgehead atoms. The third-order valence-electron chi connectivity index (χ3n) is 6.79. The first-order chi connectivity index (χ1) is 17.6. The first kappa shape index (κ1) is 23.6. The van der Waals surface area contributed by atoms with E-state index in [0.717, 1.165) is 23.3 Å². The van der Waals surface area contributed by atoms with Crippen LogP contribution in [0.3, 0.4) is 0 Å². The van der Waals surface area contributed by atoms with Crippen molar-refractivity contribution in [2.45, 2.75) is 38.9 Å². The summed E-state index contributed by atoms with van der Waals surface area (Å²) in [6.07, 6.45) is 1.46. The van der Waals surface area contributed by atoms with Crippen LogP contribution in [-0.2, 0) is 17.9 Å². The Bertz CT molecular complexity index is 1300. The van der Waals surface area contributed by atoms with Crippen molar-refractivity contribution < 1.29 is 19.1 Å². The molecule has 1 unspecified atom stereocenters. The van der Waals surface area contributed by atoms with E-state index in [0.29, 0.717) is 42.9 Å². The number of nitrogens with zero attached hydrogens (tertiary/aromatic N) is 2. The van der Waals surface area contributed by atoms with E-state index in [4.69, 9.17) is 4.74 Å². The Morgan fingerprint density at radius 2 is 1.69 bits per heavy atom. The number of hydrogen-bond acceptors (Lipinski definition) is 4. The number of anilines is 1. The van der Waals surface area contributed by atoms with Gasteiger partial charge in [0, 0.05) is 24.2 Å². The molecule has 184 valence electrons. The van der Waals surface area contributed by atoms with Gasteiger partial charge in [0.05, 0.1) is 24.4 Å². The molecule has 1 fully saturated rings. The molecule has 5 rings (SSSR count). The van der Waals surface area contributed by atoms with Gasteiger partial charge in [-0.15, -0.1) is 0 Å². The summed E-state index contributed by atoms with van der Waals surface area (Å²) in [5, 5.41) is 2.99. The number of para-hydroxylation sites is 2. The number of amides is 3. The maximum absolute atomic E-state index is 13.6. The van der Waals surface area contributed by atoms with Crippen LogP contribution in [0.5, 0.6) is 5.75 Å².